The summed E-state index contributed by atoms with van der Waals surface area (Å²) in [5.41, 5.74) is 0. The quantitative estimate of drug-likeness (QED) is 0.572. The van der Waals surface area contributed by atoms with Crippen molar-refractivity contribution in [2.24, 2.45) is 0 Å². The van der Waals surface area contributed by atoms with E-state index in [4.69, 9.17) is 9.84 Å². The van der Waals surface area contributed by atoms with Crippen LogP contribution in [-0.4, -0.2) is 35.1 Å². The van der Waals surface area contributed by atoms with Crippen molar-refractivity contribution >= 4 is 0 Å². The molecule has 0 aromatic heterocycles. The molecule has 0 radical (unpaired) electrons. The number of hydrogen-bond donors (Lipinski definition) is 2. The second-order valence-corrected chi connectivity index (χ2v) is 2.72. The maximum Gasteiger partial charge on any atom is 0.108 e. The fraction of sp³-hybridized carbons (Fsp3) is 1.00. The van der Waals surface area contributed by atoms with Crippen LogP contribution >= 0.6 is 0 Å². The molecule has 0 aliphatic carbocycles. The molecular formula is C7H14O3. The second kappa shape index (κ2) is 3.32. The first kappa shape index (κ1) is 7.98. The lowest BCUT2D eigenvalue weighted by molar-refractivity contribution is 0.0192. The highest BCUT2D eigenvalue weighted by Gasteiger charge is 2.33. The van der Waals surface area contributed by atoms with Crippen molar-refractivity contribution in [1.82, 2.24) is 0 Å². The maximum absolute atomic E-state index is 9.21. The number of aliphatic hydroxyl groups excluding tert-OH is 2. The van der Waals surface area contributed by atoms with E-state index in [1.165, 1.54) is 0 Å². The molecule has 3 heteroatoms. The molecule has 0 spiro atoms. The van der Waals surface area contributed by atoms with Crippen LogP contribution in [0.5, 0.6) is 0 Å². The minimum absolute atomic E-state index is 0.139. The minimum atomic E-state index is -0.670. The fourth-order valence-corrected chi connectivity index (χ4v) is 1.21. The van der Waals surface area contributed by atoms with Gasteiger partial charge in [0.25, 0.3) is 0 Å². The molecule has 2 unspecified atom stereocenters. The summed E-state index contributed by atoms with van der Waals surface area (Å²) in [6, 6.07) is 0. The molecule has 10 heavy (non-hydrogen) atoms. The summed E-state index contributed by atoms with van der Waals surface area (Å²) < 4.78 is 5.12. The molecule has 1 aliphatic heterocycles. The third-order valence-corrected chi connectivity index (χ3v) is 1.83. The van der Waals surface area contributed by atoms with Crippen LogP contribution in [-0.2, 0) is 4.74 Å². The van der Waals surface area contributed by atoms with E-state index in [0.717, 1.165) is 12.8 Å². The lowest BCUT2D eigenvalue weighted by Crippen LogP contribution is -2.29. The highest BCUT2D eigenvalue weighted by molar-refractivity contribution is 4.82. The zero-order chi connectivity index (χ0) is 7.56. The Morgan fingerprint density at radius 2 is 2.20 bits per heavy atom. The van der Waals surface area contributed by atoms with Crippen LogP contribution in [0.2, 0.25) is 0 Å². The topological polar surface area (TPSA) is 49.7 Å². The molecular weight excluding hydrogens is 132 g/mol. The molecule has 0 aromatic carbocycles. The number of hydrogen-bond acceptors (Lipinski definition) is 3. The molecule has 0 bridgehead atoms. The van der Waals surface area contributed by atoms with Crippen LogP contribution in [0.25, 0.3) is 0 Å². The SMILES string of the molecule is CCCC1OCC(O)[C@H]1O. The highest BCUT2D eigenvalue weighted by Crippen LogP contribution is 2.17. The van der Waals surface area contributed by atoms with Crippen LogP contribution in [0.4, 0.5) is 0 Å². The van der Waals surface area contributed by atoms with Crippen molar-refractivity contribution in [1.29, 1.82) is 0 Å². The Hall–Kier alpha value is -0.120. The van der Waals surface area contributed by atoms with Crippen LogP contribution in [0.3, 0.4) is 0 Å². The van der Waals surface area contributed by atoms with Crippen molar-refractivity contribution in [2.45, 2.75) is 38.1 Å². The summed E-state index contributed by atoms with van der Waals surface area (Å²) in [7, 11) is 0. The van der Waals surface area contributed by atoms with E-state index in [-0.39, 0.29) is 12.7 Å². The van der Waals surface area contributed by atoms with Crippen LogP contribution < -0.4 is 0 Å². The summed E-state index contributed by atoms with van der Waals surface area (Å²) >= 11 is 0. The molecule has 3 atom stereocenters. The molecule has 0 aromatic rings. The van der Waals surface area contributed by atoms with Gasteiger partial charge in [-0.1, -0.05) is 13.3 Å². The average Bonchev–Trinajstić information content (AvgIpc) is 2.20. The van der Waals surface area contributed by atoms with E-state index in [0.29, 0.717) is 0 Å². The Morgan fingerprint density at radius 1 is 1.50 bits per heavy atom. The minimum Gasteiger partial charge on any atom is -0.388 e. The Bertz CT molecular complexity index is 103. The third kappa shape index (κ3) is 1.48. The molecule has 1 aliphatic rings. The van der Waals surface area contributed by atoms with Gasteiger partial charge >= 0.3 is 0 Å². The molecule has 1 saturated heterocycles. The first-order valence-electron chi connectivity index (χ1n) is 3.73. The van der Waals surface area contributed by atoms with Crippen molar-refractivity contribution in [3.8, 4) is 0 Å². The van der Waals surface area contributed by atoms with Gasteiger partial charge in [-0.25, -0.2) is 0 Å². The van der Waals surface area contributed by atoms with Crippen molar-refractivity contribution in [3.05, 3.63) is 0 Å². The predicted molar refractivity (Wildman–Crippen MR) is 36.7 cm³/mol. The molecule has 0 saturated carbocycles. The first-order chi connectivity index (χ1) is 4.75. The second-order valence-electron chi connectivity index (χ2n) is 2.72. The van der Waals surface area contributed by atoms with E-state index in [1.807, 2.05) is 6.92 Å². The van der Waals surface area contributed by atoms with Crippen molar-refractivity contribution in [2.75, 3.05) is 6.61 Å². The lowest BCUT2D eigenvalue weighted by Gasteiger charge is -2.12. The highest BCUT2D eigenvalue weighted by atomic mass is 16.5. The number of ether oxygens (including phenoxy) is 1. The molecule has 1 rings (SSSR count). The predicted octanol–water partition coefficient (Wildman–Crippen LogP) is -0.0929. The smallest absolute Gasteiger partial charge is 0.108 e. The van der Waals surface area contributed by atoms with E-state index in [9.17, 15) is 5.11 Å². The van der Waals surface area contributed by atoms with Gasteiger partial charge < -0.3 is 14.9 Å². The Kier molecular flexibility index (Phi) is 2.65. The van der Waals surface area contributed by atoms with Gasteiger partial charge in [0.15, 0.2) is 0 Å². The normalized spacial score (nSPS) is 40.5. The van der Waals surface area contributed by atoms with Crippen LogP contribution in [0.15, 0.2) is 0 Å². The van der Waals surface area contributed by atoms with Crippen LogP contribution in [0, 0.1) is 0 Å². The summed E-state index contributed by atoms with van der Waals surface area (Å²) in [6.07, 6.45) is 0.337. The Morgan fingerprint density at radius 3 is 2.60 bits per heavy atom. The van der Waals surface area contributed by atoms with E-state index < -0.39 is 12.2 Å². The fourth-order valence-electron chi connectivity index (χ4n) is 1.21. The Labute approximate surface area is 60.6 Å². The maximum atomic E-state index is 9.21. The first-order valence-corrected chi connectivity index (χ1v) is 3.73. The Balaban J connectivity index is 2.33. The number of rotatable bonds is 2. The van der Waals surface area contributed by atoms with Gasteiger partial charge in [-0.05, 0) is 6.42 Å². The van der Waals surface area contributed by atoms with Crippen molar-refractivity contribution in [3.63, 3.8) is 0 Å². The van der Waals surface area contributed by atoms with Gasteiger partial charge in [0, 0.05) is 0 Å². The molecule has 60 valence electrons. The summed E-state index contributed by atoms with van der Waals surface area (Å²) in [6.45, 7) is 2.31. The molecule has 0 amide bonds. The van der Waals surface area contributed by atoms with Gasteiger partial charge in [0.05, 0.1) is 12.7 Å². The largest absolute Gasteiger partial charge is 0.388 e. The molecule has 1 heterocycles. The zero-order valence-electron chi connectivity index (χ0n) is 6.16. The van der Waals surface area contributed by atoms with Gasteiger partial charge in [-0.15, -0.1) is 0 Å². The summed E-state index contributed by atoms with van der Waals surface area (Å²) in [5, 5.41) is 18.2. The van der Waals surface area contributed by atoms with Gasteiger partial charge in [0.2, 0.25) is 0 Å². The van der Waals surface area contributed by atoms with Gasteiger partial charge in [-0.3, -0.25) is 0 Å². The molecule has 3 nitrogen and oxygen atoms in total. The third-order valence-electron chi connectivity index (χ3n) is 1.83. The molecule has 2 N–H and O–H groups in total. The van der Waals surface area contributed by atoms with Crippen LogP contribution in [0.1, 0.15) is 19.8 Å². The summed E-state index contributed by atoms with van der Waals surface area (Å²) in [5.74, 6) is 0. The summed E-state index contributed by atoms with van der Waals surface area (Å²) in [4.78, 5) is 0. The molecule has 1 fully saturated rings. The average molecular weight is 146 g/mol. The van der Waals surface area contributed by atoms with Crippen molar-refractivity contribution < 1.29 is 14.9 Å². The monoisotopic (exact) mass is 146 g/mol. The van der Waals surface area contributed by atoms with E-state index >= 15 is 0 Å². The van der Waals surface area contributed by atoms with Gasteiger partial charge in [0.1, 0.15) is 12.2 Å². The number of aliphatic hydroxyl groups is 2. The zero-order valence-corrected chi connectivity index (χ0v) is 6.16. The standard InChI is InChI=1S/C7H14O3/c1-2-3-6-7(9)5(8)4-10-6/h5-9H,2-4H2,1H3/t5?,6?,7-/m1/s1. The van der Waals surface area contributed by atoms with Gasteiger partial charge in [-0.2, -0.15) is 0 Å². The van der Waals surface area contributed by atoms with E-state index in [1.54, 1.807) is 0 Å². The van der Waals surface area contributed by atoms with E-state index in [2.05, 4.69) is 0 Å². The lowest BCUT2D eigenvalue weighted by atomic mass is 10.1.